The summed E-state index contributed by atoms with van der Waals surface area (Å²) in [5, 5.41) is 0.894. The fraction of sp³-hybridized carbons (Fsp3) is 0.118. The van der Waals surface area contributed by atoms with Crippen molar-refractivity contribution in [1.29, 1.82) is 0 Å². The molecule has 0 aliphatic heterocycles. The third-order valence-electron chi connectivity index (χ3n) is 3.18. The number of nitrogens with zero attached hydrogens (tertiary/aromatic N) is 1. The van der Waals surface area contributed by atoms with Crippen molar-refractivity contribution in [2.45, 2.75) is 13.5 Å². The number of halogens is 2. The van der Waals surface area contributed by atoms with Crippen LogP contribution in [0.15, 0.2) is 48.5 Å². The highest BCUT2D eigenvalue weighted by Crippen LogP contribution is 2.26. The van der Waals surface area contributed by atoms with Gasteiger partial charge in [0.1, 0.15) is 12.4 Å². The van der Waals surface area contributed by atoms with Gasteiger partial charge in [-0.25, -0.2) is 8.78 Å². The molecule has 0 fully saturated rings. The van der Waals surface area contributed by atoms with Crippen molar-refractivity contribution in [1.82, 2.24) is 4.98 Å². The van der Waals surface area contributed by atoms with Crippen LogP contribution < -0.4 is 4.74 Å². The molecule has 3 aromatic rings. The highest BCUT2D eigenvalue weighted by atomic mass is 19.2. The summed E-state index contributed by atoms with van der Waals surface area (Å²) in [5.41, 5.74) is 2.26. The SMILES string of the molecule is Cc1cc(OCc2ccc(F)c(F)c2)c2ccccc2n1. The van der Waals surface area contributed by atoms with Gasteiger partial charge in [0, 0.05) is 17.1 Å². The van der Waals surface area contributed by atoms with Crippen molar-refractivity contribution in [3.8, 4) is 5.75 Å². The summed E-state index contributed by atoms with van der Waals surface area (Å²) < 4.78 is 31.8. The van der Waals surface area contributed by atoms with Crippen molar-refractivity contribution in [2.75, 3.05) is 0 Å². The summed E-state index contributed by atoms with van der Waals surface area (Å²) in [7, 11) is 0. The smallest absolute Gasteiger partial charge is 0.159 e. The largest absolute Gasteiger partial charge is 0.488 e. The predicted octanol–water partition coefficient (Wildman–Crippen LogP) is 4.40. The van der Waals surface area contributed by atoms with E-state index in [1.54, 1.807) is 0 Å². The lowest BCUT2D eigenvalue weighted by Crippen LogP contribution is -1.99. The summed E-state index contributed by atoms with van der Waals surface area (Å²) in [6, 6.07) is 13.2. The molecule has 0 aliphatic carbocycles. The van der Waals surface area contributed by atoms with Gasteiger partial charge in [-0.1, -0.05) is 18.2 Å². The number of hydrogen-bond acceptors (Lipinski definition) is 2. The molecular weight excluding hydrogens is 272 g/mol. The van der Waals surface area contributed by atoms with E-state index < -0.39 is 11.6 Å². The lowest BCUT2D eigenvalue weighted by molar-refractivity contribution is 0.308. The van der Waals surface area contributed by atoms with Crippen LogP contribution in [0.2, 0.25) is 0 Å². The van der Waals surface area contributed by atoms with E-state index in [4.69, 9.17) is 4.74 Å². The molecule has 0 aliphatic rings. The number of para-hydroxylation sites is 1. The lowest BCUT2D eigenvalue weighted by atomic mass is 10.2. The van der Waals surface area contributed by atoms with Crippen molar-refractivity contribution < 1.29 is 13.5 Å². The molecule has 2 nitrogen and oxygen atoms in total. The maximum absolute atomic E-state index is 13.2. The summed E-state index contributed by atoms with van der Waals surface area (Å²) in [6.45, 7) is 2.06. The Kier molecular flexibility index (Phi) is 3.52. The third kappa shape index (κ3) is 2.84. The van der Waals surface area contributed by atoms with E-state index in [0.717, 1.165) is 28.7 Å². The molecule has 0 radical (unpaired) electrons. The zero-order chi connectivity index (χ0) is 14.8. The van der Waals surface area contributed by atoms with Gasteiger partial charge in [0.15, 0.2) is 11.6 Å². The molecule has 1 aromatic heterocycles. The number of ether oxygens (including phenoxy) is 1. The highest BCUT2D eigenvalue weighted by molar-refractivity contribution is 5.85. The third-order valence-corrected chi connectivity index (χ3v) is 3.18. The monoisotopic (exact) mass is 285 g/mol. The van der Waals surface area contributed by atoms with Crippen LogP contribution in [0.25, 0.3) is 10.9 Å². The van der Waals surface area contributed by atoms with Crippen LogP contribution >= 0.6 is 0 Å². The quantitative estimate of drug-likeness (QED) is 0.711. The average molecular weight is 285 g/mol. The molecule has 1 heterocycles. The van der Waals surface area contributed by atoms with E-state index in [1.165, 1.54) is 6.07 Å². The van der Waals surface area contributed by atoms with Gasteiger partial charge in [-0.2, -0.15) is 0 Å². The zero-order valence-electron chi connectivity index (χ0n) is 11.4. The van der Waals surface area contributed by atoms with E-state index in [2.05, 4.69) is 4.98 Å². The highest BCUT2D eigenvalue weighted by Gasteiger charge is 2.07. The molecular formula is C17H13F2NO. The minimum Gasteiger partial charge on any atom is -0.488 e. The Bertz CT molecular complexity index is 802. The van der Waals surface area contributed by atoms with Gasteiger partial charge >= 0.3 is 0 Å². The topological polar surface area (TPSA) is 22.1 Å². The van der Waals surface area contributed by atoms with E-state index in [0.29, 0.717) is 11.3 Å². The Labute approximate surface area is 121 Å². The van der Waals surface area contributed by atoms with Gasteiger partial charge in [-0.15, -0.1) is 0 Å². The molecule has 106 valence electrons. The van der Waals surface area contributed by atoms with Crippen molar-refractivity contribution in [3.63, 3.8) is 0 Å². The van der Waals surface area contributed by atoms with Gasteiger partial charge in [0.25, 0.3) is 0 Å². The number of fused-ring (bicyclic) bond motifs is 1. The molecule has 4 heteroatoms. The number of pyridine rings is 1. The molecule has 0 atom stereocenters. The van der Waals surface area contributed by atoms with Crippen molar-refractivity contribution >= 4 is 10.9 Å². The fourth-order valence-corrected chi connectivity index (χ4v) is 2.18. The number of aryl methyl sites for hydroxylation is 1. The predicted molar refractivity (Wildman–Crippen MR) is 77.2 cm³/mol. The zero-order valence-corrected chi connectivity index (χ0v) is 11.4. The van der Waals surface area contributed by atoms with Crippen LogP contribution in [0.3, 0.4) is 0 Å². The Morgan fingerprint density at radius 2 is 1.81 bits per heavy atom. The molecule has 0 saturated carbocycles. The van der Waals surface area contributed by atoms with Crippen LogP contribution in [0, 0.1) is 18.6 Å². The van der Waals surface area contributed by atoms with Gasteiger partial charge in [0.2, 0.25) is 0 Å². The number of benzene rings is 2. The van der Waals surface area contributed by atoms with Crippen molar-refractivity contribution in [3.05, 3.63) is 71.4 Å². The van der Waals surface area contributed by atoms with E-state index >= 15 is 0 Å². The number of hydrogen-bond donors (Lipinski definition) is 0. The molecule has 0 bridgehead atoms. The van der Waals surface area contributed by atoms with Crippen LogP contribution in [-0.4, -0.2) is 4.98 Å². The molecule has 0 spiro atoms. The molecule has 0 amide bonds. The second-order valence-electron chi connectivity index (χ2n) is 4.82. The number of rotatable bonds is 3. The molecule has 2 aromatic carbocycles. The van der Waals surface area contributed by atoms with E-state index in [9.17, 15) is 8.78 Å². The minimum atomic E-state index is -0.869. The molecule has 0 saturated heterocycles. The van der Waals surface area contributed by atoms with Crippen LogP contribution in [0.5, 0.6) is 5.75 Å². The Hall–Kier alpha value is -2.49. The first-order valence-corrected chi connectivity index (χ1v) is 6.56. The molecule has 21 heavy (non-hydrogen) atoms. The van der Waals surface area contributed by atoms with Crippen LogP contribution in [0.1, 0.15) is 11.3 Å². The van der Waals surface area contributed by atoms with Crippen molar-refractivity contribution in [2.24, 2.45) is 0 Å². The van der Waals surface area contributed by atoms with E-state index in [-0.39, 0.29) is 6.61 Å². The molecule has 0 unspecified atom stereocenters. The van der Waals surface area contributed by atoms with E-state index in [1.807, 2.05) is 37.3 Å². The maximum Gasteiger partial charge on any atom is 0.159 e. The first-order valence-electron chi connectivity index (χ1n) is 6.56. The second-order valence-corrected chi connectivity index (χ2v) is 4.82. The summed E-state index contributed by atoms with van der Waals surface area (Å²) in [4.78, 5) is 4.43. The van der Waals surface area contributed by atoms with Crippen LogP contribution in [-0.2, 0) is 6.61 Å². The van der Waals surface area contributed by atoms with Crippen LogP contribution in [0.4, 0.5) is 8.78 Å². The summed E-state index contributed by atoms with van der Waals surface area (Å²) >= 11 is 0. The second kappa shape index (κ2) is 5.48. The maximum atomic E-state index is 13.2. The van der Waals surface area contributed by atoms with Gasteiger partial charge in [-0.3, -0.25) is 4.98 Å². The standard InChI is InChI=1S/C17H13F2NO/c1-11-8-17(13-4-2-3-5-16(13)20-11)21-10-12-6-7-14(18)15(19)9-12/h2-9H,10H2,1H3. The van der Waals surface area contributed by atoms with Gasteiger partial charge < -0.3 is 4.74 Å². The van der Waals surface area contributed by atoms with Gasteiger partial charge in [0.05, 0.1) is 5.52 Å². The Balaban J connectivity index is 1.89. The lowest BCUT2D eigenvalue weighted by Gasteiger charge is -2.10. The first-order chi connectivity index (χ1) is 10.1. The first kappa shape index (κ1) is 13.5. The fourth-order valence-electron chi connectivity index (χ4n) is 2.18. The number of aromatic nitrogens is 1. The van der Waals surface area contributed by atoms with Gasteiger partial charge in [-0.05, 0) is 36.8 Å². The normalized spacial score (nSPS) is 10.8. The molecule has 3 rings (SSSR count). The summed E-state index contributed by atoms with van der Waals surface area (Å²) in [5.74, 6) is -1.04. The average Bonchev–Trinajstić information content (AvgIpc) is 2.48. The summed E-state index contributed by atoms with van der Waals surface area (Å²) in [6.07, 6.45) is 0. The molecule has 0 N–H and O–H groups in total. The Morgan fingerprint density at radius 3 is 2.62 bits per heavy atom. The Morgan fingerprint density at radius 1 is 1.00 bits per heavy atom. The minimum absolute atomic E-state index is 0.171.